The van der Waals surface area contributed by atoms with Gasteiger partial charge in [0.2, 0.25) is 0 Å². The number of anilines is 1. The van der Waals surface area contributed by atoms with Gasteiger partial charge >= 0.3 is 6.09 Å². The van der Waals surface area contributed by atoms with Crippen LogP contribution in [0.1, 0.15) is 11.1 Å². The first-order valence-electron chi connectivity index (χ1n) is 9.52. The summed E-state index contributed by atoms with van der Waals surface area (Å²) in [4.78, 5) is 27.4. The molecule has 4 aromatic rings. The van der Waals surface area contributed by atoms with Gasteiger partial charge in [0, 0.05) is 35.6 Å². The average Bonchev–Trinajstić information content (AvgIpc) is 2.78. The molecule has 0 unspecified atom stereocenters. The molecule has 0 aliphatic heterocycles. The van der Waals surface area contributed by atoms with Gasteiger partial charge in [0.15, 0.2) is 0 Å². The number of non-ortho nitro benzene ring substituents is 1. The topological polar surface area (TPSA) is 104 Å². The number of nitro benzene ring substituents is 1. The molecule has 0 aliphatic rings. The van der Waals surface area contributed by atoms with Crippen LogP contribution in [0.25, 0.3) is 21.8 Å². The van der Waals surface area contributed by atoms with Crippen molar-refractivity contribution in [3.63, 3.8) is 0 Å². The molecule has 1 N–H and O–H groups in total. The highest BCUT2D eigenvalue weighted by Crippen LogP contribution is 2.28. The van der Waals surface area contributed by atoms with E-state index < -0.39 is 11.0 Å². The summed E-state index contributed by atoms with van der Waals surface area (Å²) in [7, 11) is 1.58. The Morgan fingerprint density at radius 3 is 2.55 bits per heavy atom. The van der Waals surface area contributed by atoms with E-state index >= 15 is 0 Å². The molecule has 4 rings (SSSR count). The molecule has 0 saturated carbocycles. The highest BCUT2D eigenvalue weighted by Gasteiger charge is 2.14. The number of methoxy groups -OCH3 is 1. The predicted octanol–water partition coefficient (Wildman–Crippen LogP) is 5.19. The number of nitrogens with zero attached hydrogens (tertiary/aromatic N) is 2. The van der Waals surface area contributed by atoms with E-state index in [0.29, 0.717) is 11.3 Å². The number of aromatic nitrogens is 1. The fourth-order valence-corrected chi connectivity index (χ4v) is 3.32. The molecule has 0 aliphatic carbocycles. The maximum absolute atomic E-state index is 12.4. The monoisotopic (exact) mass is 417 g/mol. The van der Waals surface area contributed by atoms with Crippen LogP contribution in [0.3, 0.4) is 0 Å². The molecular formula is C23H19N3O5. The van der Waals surface area contributed by atoms with Gasteiger partial charge in [0.1, 0.15) is 6.61 Å². The molecule has 3 aromatic carbocycles. The zero-order valence-electron chi connectivity index (χ0n) is 16.7. The lowest BCUT2D eigenvalue weighted by molar-refractivity contribution is -0.384. The summed E-state index contributed by atoms with van der Waals surface area (Å²) in [6.45, 7) is 0.251. The first-order valence-corrected chi connectivity index (χ1v) is 9.52. The second-order valence-corrected chi connectivity index (χ2v) is 6.90. The van der Waals surface area contributed by atoms with Crippen LogP contribution in [0.4, 0.5) is 16.2 Å². The van der Waals surface area contributed by atoms with Crippen molar-refractivity contribution >= 4 is 39.3 Å². The highest BCUT2D eigenvalue weighted by molar-refractivity contribution is 5.98. The zero-order valence-corrected chi connectivity index (χ0v) is 16.7. The van der Waals surface area contributed by atoms with E-state index in [-0.39, 0.29) is 18.9 Å². The third kappa shape index (κ3) is 4.44. The Kier molecular flexibility index (Phi) is 5.72. The number of carbonyl (C=O) groups excluding carboxylic acids is 1. The summed E-state index contributed by atoms with van der Waals surface area (Å²) in [5, 5.41) is 15.4. The molecule has 8 heteroatoms. The van der Waals surface area contributed by atoms with Crippen LogP contribution in [-0.4, -0.2) is 23.1 Å². The number of amides is 1. The van der Waals surface area contributed by atoms with E-state index in [4.69, 9.17) is 14.5 Å². The van der Waals surface area contributed by atoms with Crippen LogP contribution in [0.15, 0.2) is 66.7 Å². The number of nitrogens with one attached hydrogen (secondary N) is 1. The fourth-order valence-electron chi connectivity index (χ4n) is 3.32. The van der Waals surface area contributed by atoms with Crippen LogP contribution in [0.2, 0.25) is 0 Å². The maximum Gasteiger partial charge on any atom is 0.411 e. The van der Waals surface area contributed by atoms with Crippen molar-refractivity contribution in [2.45, 2.75) is 13.2 Å². The second kappa shape index (κ2) is 8.76. The van der Waals surface area contributed by atoms with Crippen LogP contribution < -0.4 is 5.32 Å². The minimum atomic E-state index is -0.643. The Labute approximate surface area is 177 Å². The lowest BCUT2D eigenvalue weighted by atomic mass is 10.1. The van der Waals surface area contributed by atoms with Gasteiger partial charge in [0.05, 0.1) is 28.3 Å². The third-order valence-corrected chi connectivity index (χ3v) is 4.84. The normalized spacial score (nSPS) is 10.9. The zero-order chi connectivity index (χ0) is 21.8. The molecule has 0 saturated heterocycles. The summed E-state index contributed by atoms with van der Waals surface area (Å²) in [6.07, 6.45) is -0.643. The molecule has 1 aromatic heterocycles. The highest BCUT2D eigenvalue weighted by atomic mass is 16.6. The van der Waals surface area contributed by atoms with E-state index in [1.54, 1.807) is 25.3 Å². The van der Waals surface area contributed by atoms with Crippen molar-refractivity contribution in [3.8, 4) is 0 Å². The van der Waals surface area contributed by atoms with Crippen molar-refractivity contribution in [3.05, 3.63) is 88.0 Å². The molecular weight excluding hydrogens is 398 g/mol. The Bertz CT molecular complexity index is 1270. The van der Waals surface area contributed by atoms with Gasteiger partial charge in [0.25, 0.3) is 5.69 Å². The largest absolute Gasteiger partial charge is 0.444 e. The molecule has 0 fully saturated rings. The van der Waals surface area contributed by atoms with Crippen LogP contribution in [0.5, 0.6) is 0 Å². The smallest absolute Gasteiger partial charge is 0.411 e. The Morgan fingerprint density at radius 2 is 1.81 bits per heavy atom. The average molecular weight is 417 g/mol. The fraction of sp³-hybridized carbons (Fsp3) is 0.130. The van der Waals surface area contributed by atoms with Gasteiger partial charge in [-0.05, 0) is 35.9 Å². The molecule has 1 heterocycles. The lowest BCUT2D eigenvalue weighted by Crippen LogP contribution is -2.15. The Balaban J connectivity index is 1.55. The van der Waals surface area contributed by atoms with E-state index in [9.17, 15) is 14.9 Å². The number of pyridine rings is 1. The number of ether oxygens (including phenoxy) is 2. The van der Waals surface area contributed by atoms with E-state index in [1.165, 1.54) is 12.1 Å². The van der Waals surface area contributed by atoms with E-state index in [2.05, 4.69) is 5.32 Å². The number of hydrogen-bond donors (Lipinski definition) is 1. The maximum atomic E-state index is 12.4. The third-order valence-electron chi connectivity index (χ3n) is 4.84. The molecule has 156 valence electrons. The summed E-state index contributed by atoms with van der Waals surface area (Å²) < 4.78 is 10.6. The predicted molar refractivity (Wildman–Crippen MR) is 117 cm³/mol. The van der Waals surface area contributed by atoms with Gasteiger partial charge in [-0.3, -0.25) is 15.4 Å². The van der Waals surface area contributed by atoms with Crippen LogP contribution >= 0.6 is 0 Å². The lowest BCUT2D eigenvalue weighted by Gasteiger charge is -2.14. The summed E-state index contributed by atoms with van der Waals surface area (Å²) >= 11 is 0. The molecule has 0 atom stereocenters. The summed E-state index contributed by atoms with van der Waals surface area (Å²) in [5.74, 6) is 0. The SMILES string of the molecule is COCc1c(NC(=O)OCc2ccc([N+](=O)[O-])cc2)ccc2cc3ccccc3nc12. The Hall–Kier alpha value is -4.04. The molecule has 0 radical (unpaired) electrons. The van der Waals surface area contributed by atoms with Gasteiger partial charge < -0.3 is 9.47 Å². The number of carbonyl (C=O) groups is 1. The van der Waals surface area contributed by atoms with Gasteiger partial charge in [-0.15, -0.1) is 0 Å². The number of hydrogen-bond acceptors (Lipinski definition) is 6. The number of benzene rings is 3. The summed E-state index contributed by atoms with van der Waals surface area (Å²) in [5.41, 5.74) is 3.51. The minimum absolute atomic E-state index is 0.0140. The second-order valence-electron chi connectivity index (χ2n) is 6.90. The van der Waals surface area contributed by atoms with Gasteiger partial charge in [-0.25, -0.2) is 9.78 Å². The van der Waals surface area contributed by atoms with Gasteiger partial charge in [-0.2, -0.15) is 0 Å². The van der Waals surface area contributed by atoms with E-state index in [0.717, 1.165) is 27.4 Å². The summed E-state index contributed by atoms with van der Waals surface area (Å²) in [6, 6.07) is 19.4. The molecule has 0 spiro atoms. The van der Waals surface area contributed by atoms with Gasteiger partial charge in [-0.1, -0.05) is 24.3 Å². The number of para-hydroxylation sites is 1. The molecule has 8 nitrogen and oxygen atoms in total. The van der Waals surface area contributed by atoms with Crippen LogP contribution in [0, 0.1) is 10.1 Å². The van der Waals surface area contributed by atoms with E-state index in [1.807, 2.05) is 36.4 Å². The number of fused-ring (bicyclic) bond motifs is 2. The quantitative estimate of drug-likeness (QED) is 0.263. The molecule has 1 amide bonds. The molecule has 0 bridgehead atoms. The van der Waals surface area contributed by atoms with Crippen molar-refractivity contribution in [1.29, 1.82) is 0 Å². The van der Waals surface area contributed by atoms with Crippen molar-refractivity contribution in [2.75, 3.05) is 12.4 Å². The minimum Gasteiger partial charge on any atom is -0.444 e. The number of nitro groups is 1. The van der Waals surface area contributed by atoms with Crippen molar-refractivity contribution < 1.29 is 19.2 Å². The van der Waals surface area contributed by atoms with Crippen molar-refractivity contribution in [2.24, 2.45) is 0 Å². The van der Waals surface area contributed by atoms with Crippen molar-refractivity contribution in [1.82, 2.24) is 4.98 Å². The Morgan fingerprint density at radius 1 is 1.03 bits per heavy atom. The van der Waals surface area contributed by atoms with Crippen LogP contribution in [-0.2, 0) is 22.7 Å². The number of rotatable bonds is 6. The molecule has 31 heavy (non-hydrogen) atoms. The first-order chi connectivity index (χ1) is 15.0. The standard InChI is InChI=1S/C23H19N3O5/c1-30-14-19-21(11-8-17-12-16-4-2-3-5-20(16)24-22(17)19)25-23(27)31-13-15-6-9-18(10-7-15)26(28)29/h2-12H,13-14H2,1H3,(H,25,27). The first kappa shape index (κ1) is 20.2.